The molecule has 0 aliphatic heterocycles. The maximum Gasteiger partial charge on any atom is 0.0726 e. The summed E-state index contributed by atoms with van der Waals surface area (Å²) in [6.07, 6.45) is 2.64. The molecule has 17 heavy (non-hydrogen) atoms. The zero-order chi connectivity index (χ0) is 11.8. The highest BCUT2D eigenvalue weighted by Crippen LogP contribution is 2.27. The van der Waals surface area contributed by atoms with Gasteiger partial charge in [0.15, 0.2) is 0 Å². The number of pyridine rings is 1. The number of benzene rings is 1. The molecule has 0 saturated heterocycles. The van der Waals surface area contributed by atoms with E-state index in [1.807, 2.05) is 30.3 Å². The zero-order valence-electron chi connectivity index (χ0n) is 10.1. The van der Waals surface area contributed by atoms with Crippen molar-refractivity contribution >= 4 is 16.6 Å². The van der Waals surface area contributed by atoms with Crippen LogP contribution in [0.3, 0.4) is 0 Å². The smallest absolute Gasteiger partial charge is 0.0726 e. The van der Waals surface area contributed by atoms with Crippen LogP contribution in [0.1, 0.15) is 18.5 Å². The van der Waals surface area contributed by atoms with E-state index in [1.54, 1.807) is 0 Å². The maximum atomic E-state index is 6.07. The Bertz CT molecular complexity index is 546. The lowest BCUT2D eigenvalue weighted by atomic mass is 10.1. The van der Waals surface area contributed by atoms with E-state index in [0.29, 0.717) is 0 Å². The van der Waals surface area contributed by atoms with Gasteiger partial charge in [-0.3, -0.25) is 9.88 Å². The van der Waals surface area contributed by atoms with Crippen LogP contribution >= 0.6 is 0 Å². The van der Waals surface area contributed by atoms with E-state index in [4.69, 9.17) is 5.73 Å². The van der Waals surface area contributed by atoms with Gasteiger partial charge in [-0.15, -0.1) is 0 Å². The Labute approximate surface area is 101 Å². The van der Waals surface area contributed by atoms with Crippen molar-refractivity contribution in [1.82, 2.24) is 9.88 Å². The largest absolute Gasteiger partial charge is 0.398 e. The number of nitrogen functional groups attached to an aromatic ring is 1. The number of nitrogens with zero attached hydrogens (tertiary/aromatic N) is 2. The maximum absolute atomic E-state index is 6.07. The number of hydrogen-bond acceptors (Lipinski definition) is 3. The fourth-order valence-corrected chi connectivity index (χ4v) is 2.24. The van der Waals surface area contributed by atoms with Crippen LogP contribution in [0.15, 0.2) is 30.3 Å². The summed E-state index contributed by atoms with van der Waals surface area (Å²) >= 11 is 0. The topological polar surface area (TPSA) is 42.1 Å². The molecule has 0 bridgehead atoms. The Balaban J connectivity index is 1.94. The fourth-order valence-electron chi connectivity index (χ4n) is 2.24. The molecule has 3 rings (SSSR count). The normalized spacial score (nSPS) is 15.6. The van der Waals surface area contributed by atoms with Crippen molar-refractivity contribution in [2.75, 3.05) is 12.8 Å². The van der Waals surface area contributed by atoms with E-state index < -0.39 is 0 Å². The van der Waals surface area contributed by atoms with E-state index >= 15 is 0 Å². The van der Waals surface area contributed by atoms with Crippen LogP contribution < -0.4 is 5.73 Å². The van der Waals surface area contributed by atoms with Crippen LogP contribution in [-0.2, 0) is 6.54 Å². The zero-order valence-corrected chi connectivity index (χ0v) is 10.1. The quantitative estimate of drug-likeness (QED) is 0.875. The summed E-state index contributed by atoms with van der Waals surface area (Å²) in [5.74, 6) is 0. The number of nitrogens with two attached hydrogens (primary N) is 1. The first-order valence-electron chi connectivity index (χ1n) is 6.08. The van der Waals surface area contributed by atoms with E-state index in [0.717, 1.165) is 34.9 Å². The average molecular weight is 227 g/mol. The first-order valence-corrected chi connectivity index (χ1v) is 6.08. The number of aromatic nitrogens is 1. The van der Waals surface area contributed by atoms with Crippen molar-refractivity contribution in [3.8, 4) is 0 Å². The van der Waals surface area contributed by atoms with Gasteiger partial charge in [0.1, 0.15) is 0 Å². The van der Waals surface area contributed by atoms with Gasteiger partial charge in [-0.25, -0.2) is 0 Å². The Morgan fingerprint density at radius 2 is 2.12 bits per heavy atom. The van der Waals surface area contributed by atoms with E-state index in [2.05, 4.69) is 16.9 Å². The Morgan fingerprint density at radius 1 is 1.35 bits per heavy atom. The molecular formula is C14H17N3. The number of para-hydroxylation sites is 1. The molecule has 1 fully saturated rings. The van der Waals surface area contributed by atoms with Crippen molar-refractivity contribution < 1.29 is 0 Å². The van der Waals surface area contributed by atoms with Crippen LogP contribution in [0.25, 0.3) is 10.9 Å². The molecule has 88 valence electrons. The number of hydrogen-bond donors (Lipinski definition) is 1. The first kappa shape index (κ1) is 10.5. The molecule has 0 spiro atoms. The molecule has 0 unspecified atom stereocenters. The highest BCUT2D eigenvalue weighted by atomic mass is 15.2. The molecule has 1 saturated carbocycles. The molecule has 0 amide bonds. The fraction of sp³-hybridized carbons (Fsp3) is 0.357. The molecular weight excluding hydrogens is 210 g/mol. The summed E-state index contributed by atoms with van der Waals surface area (Å²) in [6.45, 7) is 0.889. The molecule has 2 aromatic rings. The lowest BCUT2D eigenvalue weighted by Gasteiger charge is -2.15. The molecule has 0 radical (unpaired) electrons. The Morgan fingerprint density at radius 3 is 2.88 bits per heavy atom. The summed E-state index contributed by atoms with van der Waals surface area (Å²) in [5.41, 5.74) is 8.95. The van der Waals surface area contributed by atoms with Gasteiger partial charge in [0, 0.05) is 23.7 Å². The van der Waals surface area contributed by atoms with Gasteiger partial charge >= 0.3 is 0 Å². The Kier molecular flexibility index (Phi) is 2.48. The van der Waals surface area contributed by atoms with Gasteiger partial charge in [0.2, 0.25) is 0 Å². The van der Waals surface area contributed by atoms with Crippen LogP contribution in [0.2, 0.25) is 0 Å². The standard InChI is InChI=1S/C14H17N3/c1-17(11-6-7-11)9-10-8-13(15)12-4-2-3-5-14(12)16-10/h2-5,8,11H,6-7,9H2,1H3,(H2,15,16). The van der Waals surface area contributed by atoms with Crippen molar-refractivity contribution in [3.05, 3.63) is 36.0 Å². The Hall–Kier alpha value is -1.61. The summed E-state index contributed by atoms with van der Waals surface area (Å²) in [5, 5.41) is 1.05. The molecule has 1 aromatic carbocycles. The molecule has 0 atom stereocenters. The summed E-state index contributed by atoms with van der Waals surface area (Å²) in [7, 11) is 2.16. The summed E-state index contributed by atoms with van der Waals surface area (Å²) in [4.78, 5) is 7.02. The molecule has 1 aromatic heterocycles. The SMILES string of the molecule is CN(Cc1cc(N)c2ccccc2n1)C1CC1. The summed E-state index contributed by atoms with van der Waals surface area (Å²) < 4.78 is 0. The molecule has 1 aliphatic carbocycles. The number of rotatable bonds is 3. The van der Waals surface area contributed by atoms with Crippen molar-refractivity contribution in [2.24, 2.45) is 0 Å². The second-order valence-corrected chi connectivity index (χ2v) is 4.87. The van der Waals surface area contributed by atoms with Crippen LogP contribution in [-0.4, -0.2) is 23.0 Å². The minimum absolute atomic E-state index is 0.754. The highest BCUT2D eigenvalue weighted by Gasteiger charge is 2.26. The molecule has 3 nitrogen and oxygen atoms in total. The molecule has 2 N–H and O–H groups in total. The highest BCUT2D eigenvalue weighted by molar-refractivity contribution is 5.90. The minimum Gasteiger partial charge on any atom is -0.398 e. The average Bonchev–Trinajstić information content (AvgIpc) is 3.13. The van der Waals surface area contributed by atoms with Crippen LogP contribution in [0, 0.1) is 0 Å². The van der Waals surface area contributed by atoms with Crippen LogP contribution in [0.4, 0.5) is 5.69 Å². The van der Waals surface area contributed by atoms with Gasteiger partial charge in [-0.05, 0) is 32.0 Å². The van der Waals surface area contributed by atoms with Gasteiger partial charge in [-0.1, -0.05) is 18.2 Å². The second-order valence-electron chi connectivity index (χ2n) is 4.87. The van der Waals surface area contributed by atoms with Crippen LogP contribution in [0.5, 0.6) is 0 Å². The monoisotopic (exact) mass is 227 g/mol. The predicted molar refractivity (Wildman–Crippen MR) is 70.6 cm³/mol. The van der Waals surface area contributed by atoms with E-state index in [-0.39, 0.29) is 0 Å². The lowest BCUT2D eigenvalue weighted by Crippen LogP contribution is -2.20. The van der Waals surface area contributed by atoms with Gasteiger partial charge in [0.05, 0.1) is 11.2 Å². The van der Waals surface area contributed by atoms with Gasteiger partial charge < -0.3 is 5.73 Å². The molecule has 1 aliphatic rings. The second kappa shape index (κ2) is 4.00. The van der Waals surface area contributed by atoms with Crippen molar-refractivity contribution in [2.45, 2.75) is 25.4 Å². The summed E-state index contributed by atoms with van der Waals surface area (Å²) in [6, 6.07) is 10.8. The molecule has 1 heterocycles. The minimum atomic E-state index is 0.754. The van der Waals surface area contributed by atoms with E-state index in [1.165, 1.54) is 12.8 Å². The first-order chi connectivity index (χ1) is 8.24. The van der Waals surface area contributed by atoms with Crippen molar-refractivity contribution in [3.63, 3.8) is 0 Å². The number of fused-ring (bicyclic) bond motifs is 1. The van der Waals surface area contributed by atoms with Gasteiger partial charge in [0.25, 0.3) is 0 Å². The van der Waals surface area contributed by atoms with Crippen molar-refractivity contribution in [1.29, 1.82) is 0 Å². The lowest BCUT2D eigenvalue weighted by molar-refractivity contribution is 0.313. The van der Waals surface area contributed by atoms with Gasteiger partial charge in [-0.2, -0.15) is 0 Å². The third-order valence-electron chi connectivity index (χ3n) is 3.38. The molecule has 3 heteroatoms. The third-order valence-corrected chi connectivity index (χ3v) is 3.38. The number of anilines is 1. The predicted octanol–water partition coefficient (Wildman–Crippen LogP) is 2.41. The third kappa shape index (κ3) is 2.11. The van der Waals surface area contributed by atoms with E-state index in [9.17, 15) is 0 Å².